The third kappa shape index (κ3) is 5.27. The number of carbonyl (C=O) groups excluding carboxylic acids is 1. The number of hydrogen-bond acceptors (Lipinski definition) is 5. The molecule has 0 aliphatic heterocycles. The van der Waals surface area contributed by atoms with E-state index in [0.717, 1.165) is 5.32 Å². The number of rotatable bonds is 5. The van der Waals surface area contributed by atoms with Crippen molar-refractivity contribution in [2.45, 2.75) is 17.5 Å². The van der Waals surface area contributed by atoms with Gasteiger partial charge in [-0.05, 0) is 90.4 Å². The van der Waals surface area contributed by atoms with Crippen LogP contribution >= 0.6 is 90.4 Å². The number of carbonyl (C=O) groups is 2. The lowest BCUT2D eigenvalue weighted by molar-refractivity contribution is -0.191. The monoisotopic (exact) mass is 880 g/mol. The topological polar surface area (TPSA) is 124 Å². The summed E-state index contributed by atoms with van der Waals surface area (Å²) in [5.41, 5.74) is -1.64. The highest BCUT2D eigenvalue weighted by atomic mass is 127. The van der Waals surface area contributed by atoms with Gasteiger partial charge in [0, 0.05) is 14.3 Å². The van der Waals surface area contributed by atoms with E-state index in [1.165, 1.54) is 45.2 Å². The van der Waals surface area contributed by atoms with Crippen molar-refractivity contribution in [2.75, 3.05) is 0 Å². The number of aromatic carboxylic acids is 1. The van der Waals surface area contributed by atoms with Gasteiger partial charge in [0.05, 0.1) is 11.1 Å². The summed E-state index contributed by atoms with van der Waals surface area (Å²) in [5, 5.41) is 4.14. The molecule has 7 nitrogen and oxygen atoms in total. The van der Waals surface area contributed by atoms with Gasteiger partial charge < -0.3 is 15.0 Å². The molecule has 0 aliphatic carbocycles. The first-order valence-corrected chi connectivity index (χ1v) is 11.9. The molecule has 0 heterocycles. The van der Waals surface area contributed by atoms with Crippen molar-refractivity contribution < 1.29 is 49.6 Å². The van der Waals surface area contributed by atoms with Crippen LogP contribution in [0.15, 0.2) is 0 Å². The molecule has 1 aromatic carbocycles. The van der Waals surface area contributed by atoms with Crippen LogP contribution in [0, 0.1) is 14.3 Å². The molecule has 1 unspecified atom stereocenters. The second-order valence-electron chi connectivity index (χ2n) is 4.78. The number of benzene rings is 1. The Morgan fingerprint density at radius 1 is 0.929 bits per heavy atom. The Morgan fingerprint density at radius 3 is 1.64 bits per heavy atom. The molecule has 1 amide bonds. The van der Waals surface area contributed by atoms with Crippen LogP contribution in [0.2, 0.25) is 0 Å². The van der Waals surface area contributed by atoms with Crippen molar-refractivity contribution in [3.8, 4) is 0 Å². The molecule has 1 aromatic rings. The SMILES string of the molecule is O=C(O)c1c(I)c(I)c(I)c(I)c1C(=O)NC(C(F)(F)F)C(F)(F)S(=O)(=O)[O-]. The molecule has 0 aliphatic rings. The Hall–Kier alpha value is 0.640. The van der Waals surface area contributed by atoms with Crippen LogP contribution in [0.4, 0.5) is 22.0 Å². The van der Waals surface area contributed by atoms with E-state index in [0.29, 0.717) is 3.57 Å². The van der Waals surface area contributed by atoms with Crippen LogP contribution in [0.5, 0.6) is 0 Å². The van der Waals surface area contributed by atoms with E-state index in [1.54, 1.807) is 45.2 Å². The van der Waals surface area contributed by atoms with Gasteiger partial charge in [0.1, 0.15) is 0 Å². The summed E-state index contributed by atoms with van der Waals surface area (Å²) in [7, 11) is -6.81. The van der Waals surface area contributed by atoms with Crippen LogP contribution in [0.3, 0.4) is 0 Å². The summed E-state index contributed by atoms with van der Waals surface area (Å²) in [5.74, 6) is -3.66. The molecule has 1 atom stereocenters. The largest absolute Gasteiger partial charge is 0.743 e. The predicted molar refractivity (Wildman–Crippen MR) is 116 cm³/mol. The summed E-state index contributed by atoms with van der Waals surface area (Å²) in [6.07, 6.45) is -6.03. The summed E-state index contributed by atoms with van der Waals surface area (Å²) in [4.78, 5) is 23.8. The number of halogens is 9. The summed E-state index contributed by atoms with van der Waals surface area (Å²) in [6, 6.07) is -4.39. The van der Waals surface area contributed by atoms with Gasteiger partial charge in [-0.25, -0.2) is 13.2 Å². The number of alkyl halides is 5. The van der Waals surface area contributed by atoms with E-state index in [-0.39, 0.29) is 10.7 Å². The number of hydrogen-bond donors (Lipinski definition) is 2. The lowest BCUT2D eigenvalue weighted by atomic mass is 10.1. The molecule has 0 radical (unpaired) electrons. The fraction of sp³-hybridized carbons (Fsp3) is 0.273. The van der Waals surface area contributed by atoms with Crippen molar-refractivity contribution >= 4 is 112 Å². The molecule has 2 N–H and O–H groups in total. The van der Waals surface area contributed by atoms with Gasteiger partial charge in [-0.2, -0.15) is 22.0 Å². The Morgan fingerprint density at radius 2 is 1.32 bits per heavy atom. The van der Waals surface area contributed by atoms with Gasteiger partial charge in [0.2, 0.25) is 6.04 Å². The first kappa shape index (κ1) is 26.7. The van der Waals surface area contributed by atoms with Crippen molar-refractivity contribution in [2.24, 2.45) is 0 Å². The van der Waals surface area contributed by atoms with E-state index < -0.39 is 50.6 Å². The molecule has 158 valence electrons. The van der Waals surface area contributed by atoms with Crippen molar-refractivity contribution in [3.05, 3.63) is 25.4 Å². The molecule has 0 saturated heterocycles. The zero-order valence-electron chi connectivity index (χ0n) is 12.4. The Labute approximate surface area is 207 Å². The maximum Gasteiger partial charge on any atom is 0.415 e. The van der Waals surface area contributed by atoms with Crippen LogP contribution in [0.25, 0.3) is 0 Å². The molecule has 17 heteroatoms. The van der Waals surface area contributed by atoms with Gasteiger partial charge in [-0.1, -0.05) is 0 Å². The first-order valence-electron chi connectivity index (χ1n) is 6.15. The first-order chi connectivity index (χ1) is 12.4. The van der Waals surface area contributed by atoms with Gasteiger partial charge in [-0.15, -0.1) is 0 Å². The van der Waals surface area contributed by atoms with Crippen LogP contribution < -0.4 is 5.32 Å². The standard InChI is InChI=1S/C11H4F5I4NO6S/c12-10(13,14)9(11(15,16)28(25,26)27)21-7(22)1-2(8(23)24)4(18)6(20)5(19)3(1)17/h9H,(H,21,22)(H,23,24)(H,25,26,27)/p-1. The molecule has 0 bridgehead atoms. The zero-order chi connectivity index (χ0) is 22.4. The molecule has 1 rings (SSSR count). The maximum atomic E-state index is 13.6. The minimum Gasteiger partial charge on any atom is -0.743 e. The molecule has 0 aromatic heterocycles. The smallest absolute Gasteiger partial charge is 0.415 e. The Bertz CT molecular complexity index is 952. The molecule has 0 saturated carbocycles. The second kappa shape index (κ2) is 9.02. The number of carboxylic acids is 1. The van der Waals surface area contributed by atoms with Gasteiger partial charge >= 0.3 is 17.4 Å². The fourth-order valence-corrected chi connectivity index (χ4v) is 5.90. The second-order valence-corrected chi connectivity index (χ2v) is 10.5. The molecule has 0 spiro atoms. The highest BCUT2D eigenvalue weighted by Crippen LogP contribution is 2.37. The third-order valence-corrected chi connectivity index (χ3v) is 11.3. The van der Waals surface area contributed by atoms with E-state index in [1.807, 2.05) is 0 Å². The van der Waals surface area contributed by atoms with Gasteiger partial charge in [0.15, 0.2) is 10.1 Å². The van der Waals surface area contributed by atoms with Crippen LogP contribution in [0.1, 0.15) is 20.7 Å². The Kier molecular flexibility index (Phi) is 8.59. The quantitative estimate of drug-likeness (QED) is 0.153. The van der Waals surface area contributed by atoms with Gasteiger partial charge in [0.25, 0.3) is 5.91 Å². The minimum atomic E-state index is -6.81. The number of amides is 1. The Balaban J connectivity index is 3.69. The summed E-state index contributed by atoms with van der Waals surface area (Å²) in [6.45, 7) is 0. The van der Waals surface area contributed by atoms with E-state index >= 15 is 0 Å². The van der Waals surface area contributed by atoms with Crippen LogP contribution in [-0.2, 0) is 10.1 Å². The molecular weight excluding hydrogens is 877 g/mol. The molecular formula is C11H3F5I4NO6S-. The summed E-state index contributed by atoms with van der Waals surface area (Å²) < 4.78 is 98.3. The highest BCUT2D eigenvalue weighted by Gasteiger charge is 2.61. The predicted octanol–water partition coefficient (Wildman–Crippen LogP) is 3.60. The average molecular weight is 880 g/mol. The highest BCUT2D eigenvalue weighted by molar-refractivity contribution is 14.1. The van der Waals surface area contributed by atoms with Gasteiger partial charge in [-0.3, -0.25) is 4.79 Å². The van der Waals surface area contributed by atoms with E-state index in [2.05, 4.69) is 0 Å². The maximum absolute atomic E-state index is 13.6. The normalized spacial score (nSPS) is 13.9. The lowest BCUT2D eigenvalue weighted by Crippen LogP contribution is -2.59. The van der Waals surface area contributed by atoms with E-state index in [9.17, 15) is 49.6 Å². The van der Waals surface area contributed by atoms with Crippen LogP contribution in [-0.4, -0.2) is 47.4 Å². The summed E-state index contributed by atoms with van der Waals surface area (Å²) >= 11 is 6.33. The third-order valence-electron chi connectivity index (χ3n) is 2.98. The van der Waals surface area contributed by atoms with Crippen molar-refractivity contribution in [1.29, 1.82) is 0 Å². The van der Waals surface area contributed by atoms with E-state index in [4.69, 9.17) is 0 Å². The minimum absolute atomic E-state index is 0.0487. The number of carboxylic acid groups (broad SMARTS) is 1. The zero-order valence-corrected chi connectivity index (χ0v) is 21.8. The van der Waals surface area contributed by atoms with Crippen molar-refractivity contribution in [1.82, 2.24) is 5.32 Å². The number of nitrogens with one attached hydrogen (secondary N) is 1. The van der Waals surface area contributed by atoms with Crippen molar-refractivity contribution in [3.63, 3.8) is 0 Å². The lowest BCUT2D eigenvalue weighted by Gasteiger charge is -2.31. The average Bonchev–Trinajstić information content (AvgIpc) is 2.50. The molecule has 0 fully saturated rings. The molecule has 28 heavy (non-hydrogen) atoms. The fourth-order valence-electron chi connectivity index (χ4n) is 1.75.